The average molecular weight is 617 g/mol. The van der Waals surface area contributed by atoms with Crippen LogP contribution < -0.4 is 10.6 Å². The van der Waals surface area contributed by atoms with Crippen LogP contribution in [0.1, 0.15) is 21.5 Å². The number of pyridine rings is 1. The molecule has 8 nitrogen and oxygen atoms in total. The third-order valence-corrected chi connectivity index (χ3v) is 6.74. The molecule has 43 heavy (non-hydrogen) atoms. The number of amides is 3. The summed E-state index contributed by atoms with van der Waals surface area (Å²) < 4.78 is 107. The highest BCUT2D eigenvalue weighted by atomic mass is 19.4. The Morgan fingerprint density at radius 2 is 1.40 bits per heavy atom. The molecule has 1 aliphatic rings. The summed E-state index contributed by atoms with van der Waals surface area (Å²) in [7, 11) is 0. The predicted octanol–water partition coefficient (Wildman–Crippen LogP) is 5.27. The van der Waals surface area contributed by atoms with E-state index in [0.29, 0.717) is 30.8 Å². The smallest absolute Gasteiger partial charge is 0.369 e. The van der Waals surface area contributed by atoms with Gasteiger partial charge in [-0.15, -0.1) is 0 Å². The summed E-state index contributed by atoms with van der Waals surface area (Å²) in [6.45, 7) is 1.15. The third kappa shape index (κ3) is 6.85. The van der Waals surface area contributed by atoms with Crippen LogP contribution in [0.5, 0.6) is 0 Å². The summed E-state index contributed by atoms with van der Waals surface area (Å²) >= 11 is 0. The summed E-state index contributed by atoms with van der Waals surface area (Å²) in [5.41, 5.74) is -6.42. The zero-order valence-electron chi connectivity index (χ0n) is 21.9. The molecule has 2 heterocycles. The van der Waals surface area contributed by atoms with Gasteiger partial charge < -0.3 is 20.6 Å². The second-order valence-corrected chi connectivity index (χ2v) is 9.60. The van der Waals surface area contributed by atoms with E-state index in [0.717, 1.165) is 24.4 Å². The van der Waals surface area contributed by atoms with Crippen LogP contribution in [-0.2, 0) is 12.1 Å². The number of piperazine rings is 1. The number of nitrogens with one attached hydrogen (secondary N) is 2. The molecule has 0 unspecified atom stereocenters. The maximum Gasteiger partial charge on any atom is 0.430 e. The number of nitrogens with zero attached hydrogens (tertiary/aromatic N) is 3. The normalized spacial score (nSPS) is 14.9. The molecule has 16 heteroatoms. The van der Waals surface area contributed by atoms with Gasteiger partial charge in [0.1, 0.15) is 5.82 Å². The van der Waals surface area contributed by atoms with Crippen molar-refractivity contribution in [3.63, 3.8) is 0 Å². The number of benzene rings is 2. The van der Waals surface area contributed by atoms with E-state index in [1.165, 1.54) is 29.3 Å². The Bertz CT molecular complexity index is 1460. The molecule has 4 rings (SSSR count). The number of carbonyl (C=O) groups is 2. The molecule has 2 aromatic carbocycles. The van der Waals surface area contributed by atoms with Crippen molar-refractivity contribution in [3.8, 4) is 0 Å². The Morgan fingerprint density at radius 3 is 1.93 bits per heavy atom. The lowest BCUT2D eigenvalue weighted by atomic mass is 9.91. The Hall–Kier alpha value is -4.31. The van der Waals surface area contributed by atoms with E-state index in [4.69, 9.17) is 0 Å². The molecule has 3 amide bonds. The number of hydrogen-bond acceptors (Lipinski definition) is 5. The van der Waals surface area contributed by atoms with Gasteiger partial charge in [0.05, 0.1) is 17.6 Å². The Labute approximate surface area is 238 Å². The minimum Gasteiger partial charge on any atom is -0.369 e. The zero-order valence-corrected chi connectivity index (χ0v) is 21.9. The highest BCUT2D eigenvalue weighted by molar-refractivity contribution is 6.00. The second-order valence-electron chi connectivity index (χ2n) is 9.60. The Morgan fingerprint density at radius 1 is 0.814 bits per heavy atom. The van der Waals surface area contributed by atoms with Crippen molar-refractivity contribution in [2.24, 2.45) is 0 Å². The van der Waals surface area contributed by atoms with Gasteiger partial charge in [-0.2, -0.15) is 26.3 Å². The summed E-state index contributed by atoms with van der Waals surface area (Å²) in [4.78, 5) is 31.8. The van der Waals surface area contributed by atoms with Crippen molar-refractivity contribution in [1.29, 1.82) is 0 Å². The molecule has 3 aromatic rings. The second kappa shape index (κ2) is 12.1. The topological polar surface area (TPSA) is 97.8 Å². The maximum atomic E-state index is 14.6. The number of halogens is 8. The average Bonchev–Trinajstić information content (AvgIpc) is 2.94. The molecule has 3 N–H and O–H groups in total. The van der Waals surface area contributed by atoms with E-state index in [2.05, 4.69) is 15.6 Å². The molecule has 1 fully saturated rings. The van der Waals surface area contributed by atoms with Crippen LogP contribution in [0.4, 0.5) is 51.3 Å². The maximum absolute atomic E-state index is 14.6. The van der Waals surface area contributed by atoms with Crippen molar-refractivity contribution < 1.29 is 49.8 Å². The minimum atomic E-state index is -5.98. The van der Waals surface area contributed by atoms with E-state index < -0.39 is 47.1 Å². The Kier molecular flexibility index (Phi) is 8.92. The molecule has 0 bridgehead atoms. The van der Waals surface area contributed by atoms with Gasteiger partial charge in [-0.25, -0.2) is 13.6 Å². The fourth-order valence-electron chi connectivity index (χ4n) is 4.39. The number of hydrogen-bond donors (Lipinski definition) is 3. The SMILES string of the molecule is O=C(Nc1ccncc1F)Nc1ccc(C(=O)N2CCN(Cc3ccc(C(O)(C(F)(F)F)C(F)(F)F)cc3)CC2)cc1F. The number of rotatable bonds is 6. The number of aliphatic hydroxyl groups is 1. The first-order valence-corrected chi connectivity index (χ1v) is 12.5. The first-order chi connectivity index (χ1) is 20.1. The van der Waals surface area contributed by atoms with E-state index in [1.807, 2.05) is 4.90 Å². The molecule has 0 radical (unpaired) electrons. The van der Waals surface area contributed by atoms with Crippen molar-refractivity contribution in [1.82, 2.24) is 14.8 Å². The minimum absolute atomic E-state index is 0.00510. The van der Waals surface area contributed by atoms with Crippen LogP contribution >= 0.6 is 0 Å². The Balaban J connectivity index is 1.32. The number of alkyl halides is 6. The van der Waals surface area contributed by atoms with Crippen LogP contribution in [0.2, 0.25) is 0 Å². The van der Waals surface area contributed by atoms with E-state index in [9.17, 15) is 49.8 Å². The lowest BCUT2D eigenvalue weighted by molar-refractivity contribution is -0.376. The number of carbonyl (C=O) groups excluding carboxylic acids is 2. The summed E-state index contributed by atoms with van der Waals surface area (Å²) in [5.74, 6) is -2.21. The summed E-state index contributed by atoms with van der Waals surface area (Å²) in [6, 6.07) is 6.94. The standard InChI is InChI=1S/C27H23F8N5O3/c28-19-13-17(3-6-21(19)37-24(42)38-22-7-8-36-14-20(22)29)23(41)40-11-9-39(10-12-40)15-16-1-4-18(5-2-16)25(43,26(30,31)32)27(33,34)35/h1-8,13-14,43H,9-12,15H2,(H2,36,37,38,42). The summed E-state index contributed by atoms with van der Waals surface area (Å²) in [6.07, 6.45) is -9.83. The molecule has 1 saturated heterocycles. The molecule has 0 atom stereocenters. The predicted molar refractivity (Wildman–Crippen MR) is 137 cm³/mol. The fourth-order valence-corrected chi connectivity index (χ4v) is 4.39. The van der Waals surface area contributed by atoms with Gasteiger partial charge in [0.25, 0.3) is 11.5 Å². The van der Waals surface area contributed by atoms with Gasteiger partial charge in [-0.05, 0) is 29.8 Å². The van der Waals surface area contributed by atoms with E-state index in [-0.39, 0.29) is 36.6 Å². The van der Waals surface area contributed by atoms with Crippen molar-refractivity contribution in [3.05, 3.63) is 89.2 Å². The lowest BCUT2D eigenvalue weighted by Gasteiger charge is -2.35. The van der Waals surface area contributed by atoms with Gasteiger partial charge in [-0.3, -0.25) is 14.7 Å². The first-order valence-electron chi connectivity index (χ1n) is 12.5. The van der Waals surface area contributed by atoms with Gasteiger partial charge in [-0.1, -0.05) is 24.3 Å². The zero-order chi connectivity index (χ0) is 31.6. The molecular formula is C27H23F8N5O3. The van der Waals surface area contributed by atoms with Crippen molar-refractivity contribution in [2.75, 3.05) is 36.8 Å². The fraction of sp³-hybridized carbons (Fsp3) is 0.296. The number of aromatic nitrogens is 1. The van der Waals surface area contributed by atoms with Gasteiger partial charge in [0.2, 0.25) is 0 Å². The number of urea groups is 1. The number of anilines is 2. The van der Waals surface area contributed by atoms with Crippen LogP contribution in [0.3, 0.4) is 0 Å². The van der Waals surface area contributed by atoms with Gasteiger partial charge in [0.15, 0.2) is 5.82 Å². The quantitative estimate of drug-likeness (QED) is 0.328. The van der Waals surface area contributed by atoms with Crippen LogP contribution in [-0.4, -0.2) is 70.4 Å². The molecule has 230 valence electrons. The van der Waals surface area contributed by atoms with Crippen molar-refractivity contribution >= 4 is 23.3 Å². The van der Waals surface area contributed by atoms with Gasteiger partial charge in [0, 0.05) is 50.0 Å². The highest BCUT2D eigenvalue weighted by Crippen LogP contribution is 2.50. The van der Waals surface area contributed by atoms with Crippen molar-refractivity contribution in [2.45, 2.75) is 24.5 Å². The monoisotopic (exact) mass is 617 g/mol. The molecular weight excluding hydrogens is 594 g/mol. The molecule has 0 spiro atoms. The van der Waals surface area contributed by atoms with E-state index in [1.54, 1.807) is 0 Å². The highest BCUT2D eigenvalue weighted by Gasteiger charge is 2.71. The molecule has 0 aliphatic carbocycles. The van der Waals surface area contributed by atoms with Crippen LogP contribution in [0, 0.1) is 11.6 Å². The summed E-state index contributed by atoms with van der Waals surface area (Å²) in [5, 5.41) is 13.9. The lowest BCUT2D eigenvalue weighted by Crippen LogP contribution is -2.53. The molecule has 0 saturated carbocycles. The third-order valence-electron chi connectivity index (χ3n) is 6.74. The van der Waals surface area contributed by atoms with Crippen LogP contribution in [0.15, 0.2) is 60.9 Å². The molecule has 1 aliphatic heterocycles. The van der Waals surface area contributed by atoms with Crippen LogP contribution in [0.25, 0.3) is 0 Å². The first kappa shape index (κ1) is 31.6. The largest absolute Gasteiger partial charge is 0.430 e. The van der Waals surface area contributed by atoms with E-state index >= 15 is 0 Å². The van der Waals surface area contributed by atoms with Gasteiger partial charge >= 0.3 is 18.4 Å². The molecule has 1 aromatic heterocycles.